The predicted molar refractivity (Wildman–Crippen MR) is 108 cm³/mol. The molecule has 0 unspecified atom stereocenters. The van der Waals surface area contributed by atoms with E-state index in [2.05, 4.69) is 20.8 Å². The van der Waals surface area contributed by atoms with Gasteiger partial charge in [0.15, 0.2) is 16.6 Å². The number of nitrogens with zero attached hydrogens (tertiary/aromatic N) is 2. The summed E-state index contributed by atoms with van der Waals surface area (Å²) in [6, 6.07) is 9.68. The highest BCUT2D eigenvalue weighted by Crippen LogP contribution is 2.18. The van der Waals surface area contributed by atoms with Crippen molar-refractivity contribution in [2.45, 2.75) is 20.0 Å². The van der Waals surface area contributed by atoms with Crippen molar-refractivity contribution in [1.82, 2.24) is 15.5 Å². The number of hydrogen-bond acceptors (Lipinski definition) is 6. The van der Waals surface area contributed by atoms with Crippen LogP contribution in [0.15, 0.2) is 42.5 Å². The molecule has 0 aliphatic heterocycles. The fraction of sp³-hybridized carbons (Fsp3) is 0.200. The van der Waals surface area contributed by atoms with E-state index < -0.39 is 17.5 Å². The quantitative estimate of drug-likeness (QED) is 0.565. The maximum atomic E-state index is 13.2. The summed E-state index contributed by atoms with van der Waals surface area (Å²) in [5, 5.41) is 13.4. The molecule has 0 atom stereocenters. The average Bonchev–Trinajstić information content (AvgIpc) is 3.23. The Hall–Kier alpha value is -3.40. The maximum absolute atomic E-state index is 13.2. The van der Waals surface area contributed by atoms with Gasteiger partial charge < -0.3 is 15.4 Å². The third-order valence-corrected chi connectivity index (χ3v) is 4.75. The molecule has 0 aliphatic carbocycles. The zero-order chi connectivity index (χ0) is 21.5. The summed E-state index contributed by atoms with van der Waals surface area (Å²) in [4.78, 5) is 24.1. The minimum Gasteiger partial charge on any atom is -0.486 e. The Labute approximate surface area is 175 Å². The van der Waals surface area contributed by atoms with Crippen molar-refractivity contribution in [1.29, 1.82) is 0 Å². The van der Waals surface area contributed by atoms with Crippen LogP contribution >= 0.6 is 11.3 Å². The molecule has 2 aromatic carbocycles. The van der Waals surface area contributed by atoms with Crippen molar-refractivity contribution in [2.75, 3.05) is 11.9 Å². The number of carbonyl (C=O) groups excluding carboxylic acids is 2. The number of amides is 2. The molecule has 7 nitrogen and oxygen atoms in total. The largest absolute Gasteiger partial charge is 0.486 e. The second kappa shape index (κ2) is 9.88. The number of aromatic nitrogens is 2. The number of benzene rings is 2. The highest BCUT2D eigenvalue weighted by Gasteiger charge is 2.14. The van der Waals surface area contributed by atoms with Gasteiger partial charge in [-0.1, -0.05) is 18.3 Å². The first-order valence-electron chi connectivity index (χ1n) is 9.06. The van der Waals surface area contributed by atoms with Crippen LogP contribution in [0.3, 0.4) is 0 Å². The summed E-state index contributed by atoms with van der Waals surface area (Å²) in [6.07, 6.45) is 0.857. The van der Waals surface area contributed by atoms with Crippen molar-refractivity contribution >= 4 is 28.8 Å². The number of hydrogen-bond donors (Lipinski definition) is 2. The first-order valence-corrected chi connectivity index (χ1v) is 9.87. The highest BCUT2D eigenvalue weighted by atomic mass is 32.1. The monoisotopic (exact) mass is 432 g/mol. The van der Waals surface area contributed by atoms with E-state index in [1.807, 2.05) is 6.92 Å². The molecular weight excluding hydrogens is 414 g/mol. The van der Waals surface area contributed by atoms with Gasteiger partial charge in [0.25, 0.3) is 11.8 Å². The van der Waals surface area contributed by atoms with Gasteiger partial charge in [-0.2, -0.15) is 0 Å². The molecule has 0 saturated heterocycles. The summed E-state index contributed by atoms with van der Waals surface area (Å²) in [5.41, 5.74) is 0.637. The van der Waals surface area contributed by atoms with E-state index in [1.54, 1.807) is 24.3 Å². The predicted octanol–water partition coefficient (Wildman–Crippen LogP) is 3.79. The Morgan fingerprint density at radius 1 is 1.03 bits per heavy atom. The molecule has 156 valence electrons. The van der Waals surface area contributed by atoms with E-state index >= 15 is 0 Å². The molecule has 0 saturated carbocycles. The smallest absolute Gasteiger partial charge is 0.286 e. The molecule has 1 heterocycles. The number of anilines is 1. The highest BCUT2D eigenvalue weighted by molar-refractivity contribution is 7.13. The van der Waals surface area contributed by atoms with Gasteiger partial charge >= 0.3 is 0 Å². The summed E-state index contributed by atoms with van der Waals surface area (Å²) in [5.74, 6) is -2.27. The number of ether oxygens (including phenoxy) is 1. The summed E-state index contributed by atoms with van der Waals surface area (Å²) in [7, 11) is 0. The van der Waals surface area contributed by atoms with E-state index in [9.17, 15) is 18.4 Å². The molecule has 3 rings (SSSR count). The number of rotatable bonds is 8. The molecule has 2 N–H and O–H groups in total. The Kier molecular flexibility index (Phi) is 7.02. The van der Waals surface area contributed by atoms with Crippen molar-refractivity contribution in [3.63, 3.8) is 0 Å². The lowest BCUT2D eigenvalue weighted by Gasteiger charge is -2.06. The van der Waals surface area contributed by atoms with Gasteiger partial charge in [-0.3, -0.25) is 9.59 Å². The molecule has 0 aliphatic rings. The Morgan fingerprint density at radius 2 is 1.80 bits per heavy atom. The summed E-state index contributed by atoms with van der Waals surface area (Å²) >= 11 is 1.01. The van der Waals surface area contributed by atoms with Crippen LogP contribution in [0.25, 0.3) is 0 Å². The molecule has 0 bridgehead atoms. The van der Waals surface area contributed by atoms with Crippen molar-refractivity contribution < 1.29 is 23.1 Å². The average molecular weight is 432 g/mol. The second-order valence-electron chi connectivity index (χ2n) is 6.15. The number of nitrogens with one attached hydrogen (secondary N) is 2. The summed E-state index contributed by atoms with van der Waals surface area (Å²) < 4.78 is 31.8. The zero-order valence-electron chi connectivity index (χ0n) is 15.9. The van der Waals surface area contributed by atoms with Crippen molar-refractivity contribution in [3.8, 4) is 5.75 Å². The fourth-order valence-corrected chi connectivity index (χ4v) is 3.00. The summed E-state index contributed by atoms with van der Waals surface area (Å²) in [6.45, 7) is 2.67. The minimum atomic E-state index is -1.06. The van der Waals surface area contributed by atoms with Crippen LogP contribution in [0.2, 0.25) is 0 Å². The van der Waals surface area contributed by atoms with E-state index in [4.69, 9.17) is 4.74 Å². The van der Waals surface area contributed by atoms with E-state index in [0.29, 0.717) is 22.9 Å². The van der Waals surface area contributed by atoms with Gasteiger partial charge in [0.2, 0.25) is 5.01 Å². The molecule has 0 fully saturated rings. The maximum Gasteiger partial charge on any atom is 0.286 e. The molecule has 1 aromatic heterocycles. The first kappa shape index (κ1) is 21.3. The third-order valence-electron chi connectivity index (χ3n) is 3.85. The van der Waals surface area contributed by atoms with Crippen LogP contribution in [0.4, 0.5) is 14.5 Å². The standard InChI is InChI=1S/C20H18F2N4O3S/c1-2-9-23-18(27)12-3-6-14(7-4-12)29-11-17-25-26-20(30-17)19(28)24-13-5-8-15(21)16(22)10-13/h3-8,10H,2,9,11H2,1H3,(H,23,27)(H,24,28). The van der Waals surface area contributed by atoms with Gasteiger partial charge in [-0.25, -0.2) is 8.78 Å². The van der Waals surface area contributed by atoms with Crippen LogP contribution in [0, 0.1) is 11.6 Å². The van der Waals surface area contributed by atoms with Crippen molar-refractivity contribution in [2.24, 2.45) is 0 Å². The first-order chi connectivity index (χ1) is 14.5. The van der Waals surface area contributed by atoms with E-state index in [-0.39, 0.29) is 23.2 Å². The van der Waals surface area contributed by atoms with Crippen LogP contribution in [-0.2, 0) is 6.61 Å². The number of halogens is 2. The zero-order valence-corrected chi connectivity index (χ0v) is 16.8. The molecular formula is C20H18F2N4O3S. The lowest BCUT2D eigenvalue weighted by Crippen LogP contribution is -2.23. The lowest BCUT2D eigenvalue weighted by atomic mass is 10.2. The molecule has 0 spiro atoms. The number of carbonyl (C=O) groups is 2. The van der Waals surface area contributed by atoms with E-state index in [0.717, 1.165) is 29.9 Å². The van der Waals surface area contributed by atoms with Gasteiger partial charge in [0.1, 0.15) is 12.4 Å². The molecule has 2 amide bonds. The lowest BCUT2D eigenvalue weighted by molar-refractivity contribution is 0.0952. The van der Waals surface area contributed by atoms with Gasteiger partial charge in [0.05, 0.1) is 0 Å². The van der Waals surface area contributed by atoms with Gasteiger partial charge in [0, 0.05) is 23.9 Å². The minimum absolute atomic E-state index is 0.0567. The molecule has 3 aromatic rings. The topological polar surface area (TPSA) is 93.2 Å². The van der Waals surface area contributed by atoms with Crippen LogP contribution in [-0.4, -0.2) is 28.6 Å². The van der Waals surface area contributed by atoms with E-state index in [1.165, 1.54) is 6.07 Å². The SMILES string of the molecule is CCCNC(=O)c1ccc(OCc2nnc(C(=O)Nc3ccc(F)c(F)c3)s2)cc1. The Morgan fingerprint density at radius 3 is 2.50 bits per heavy atom. The normalized spacial score (nSPS) is 10.5. The molecule has 10 heteroatoms. The molecule has 0 radical (unpaired) electrons. The Balaban J connectivity index is 1.54. The van der Waals surface area contributed by atoms with Gasteiger partial charge in [-0.15, -0.1) is 10.2 Å². The fourth-order valence-electron chi connectivity index (χ4n) is 2.35. The van der Waals surface area contributed by atoms with Crippen molar-refractivity contribution in [3.05, 3.63) is 69.7 Å². The van der Waals surface area contributed by atoms with Crippen LogP contribution in [0.5, 0.6) is 5.75 Å². The third kappa shape index (κ3) is 5.57. The van der Waals surface area contributed by atoms with Crippen LogP contribution in [0.1, 0.15) is 38.5 Å². The second-order valence-corrected chi connectivity index (χ2v) is 7.21. The Bertz CT molecular complexity index is 1040. The van der Waals surface area contributed by atoms with Crippen LogP contribution < -0.4 is 15.4 Å². The molecule has 30 heavy (non-hydrogen) atoms. The van der Waals surface area contributed by atoms with Gasteiger partial charge in [-0.05, 0) is 42.8 Å².